The Morgan fingerprint density at radius 2 is 2.47 bits per heavy atom. The summed E-state index contributed by atoms with van der Waals surface area (Å²) in [7, 11) is 1.38. The summed E-state index contributed by atoms with van der Waals surface area (Å²) in [6, 6.07) is 3.38. The quantitative estimate of drug-likeness (QED) is 0.809. The summed E-state index contributed by atoms with van der Waals surface area (Å²) >= 11 is 0. The third-order valence-corrected chi connectivity index (χ3v) is 3.56. The van der Waals surface area contributed by atoms with E-state index in [4.69, 9.17) is 4.74 Å². The van der Waals surface area contributed by atoms with Crippen LogP contribution in [0.2, 0.25) is 0 Å². The normalized spacial score (nSPS) is 22.8. The monoisotopic (exact) mass is 263 g/mol. The standard InChI is InChI=1S/C14H21N3O2/c1-14(5-3-6-15-9-14)10-17-12-8-11(4-7-16-12)13(18)19-2/h4,7-8,15H,3,5-6,9-10H2,1-2H3,(H,16,17). The number of aromatic nitrogens is 1. The molecule has 1 fully saturated rings. The smallest absolute Gasteiger partial charge is 0.338 e. The van der Waals surface area contributed by atoms with Crippen LogP contribution in [0.25, 0.3) is 0 Å². The van der Waals surface area contributed by atoms with E-state index in [9.17, 15) is 4.79 Å². The van der Waals surface area contributed by atoms with Gasteiger partial charge in [0, 0.05) is 19.3 Å². The SMILES string of the molecule is COC(=O)c1ccnc(NCC2(C)CCCNC2)c1. The minimum atomic E-state index is -0.337. The molecule has 1 atom stereocenters. The Labute approximate surface area is 113 Å². The third kappa shape index (κ3) is 3.67. The van der Waals surface area contributed by atoms with Crippen molar-refractivity contribution in [2.24, 2.45) is 5.41 Å². The number of piperidine rings is 1. The molecular weight excluding hydrogens is 242 g/mol. The molecule has 1 aliphatic heterocycles. The fourth-order valence-electron chi connectivity index (χ4n) is 2.35. The Hall–Kier alpha value is -1.62. The van der Waals surface area contributed by atoms with Crippen LogP contribution in [0.5, 0.6) is 0 Å². The zero-order valence-corrected chi connectivity index (χ0v) is 11.5. The summed E-state index contributed by atoms with van der Waals surface area (Å²) in [5, 5.41) is 6.73. The minimum absolute atomic E-state index is 0.237. The maximum atomic E-state index is 11.4. The number of hydrogen-bond donors (Lipinski definition) is 2. The van der Waals surface area contributed by atoms with E-state index in [2.05, 4.69) is 22.5 Å². The van der Waals surface area contributed by atoms with Gasteiger partial charge in [0.1, 0.15) is 5.82 Å². The van der Waals surface area contributed by atoms with Crippen molar-refractivity contribution in [1.29, 1.82) is 0 Å². The molecule has 2 N–H and O–H groups in total. The van der Waals surface area contributed by atoms with E-state index in [0.717, 1.165) is 25.5 Å². The highest BCUT2D eigenvalue weighted by molar-refractivity contribution is 5.89. The molecule has 0 aliphatic carbocycles. The van der Waals surface area contributed by atoms with Gasteiger partial charge in [-0.25, -0.2) is 9.78 Å². The fourth-order valence-corrected chi connectivity index (χ4v) is 2.35. The molecule has 0 saturated carbocycles. The first-order chi connectivity index (χ1) is 9.13. The predicted molar refractivity (Wildman–Crippen MR) is 74.3 cm³/mol. The molecule has 1 aromatic rings. The Bertz CT molecular complexity index is 442. The summed E-state index contributed by atoms with van der Waals surface area (Å²) < 4.78 is 4.70. The van der Waals surface area contributed by atoms with Crippen LogP contribution < -0.4 is 10.6 Å². The Morgan fingerprint density at radius 1 is 1.63 bits per heavy atom. The van der Waals surface area contributed by atoms with Crippen molar-refractivity contribution in [2.75, 3.05) is 32.1 Å². The molecule has 0 amide bonds. The summed E-state index contributed by atoms with van der Waals surface area (Å²) in [4.78, 5) is 15.7. The molecular formula is C14H21N3O2. The first-order valence-corrected chi connectivity index (χ1v) is 6.62. The van der Waals surface area contributed by atoms with Crippen molar-refractivity contribution in [2.45, 2.75) is 19.8 Å². The molecule has 2 rings (SSSR count). The summed E-state index contributed by atoms with van der Waals surface area (Å²) in [5.41, 5.74) is 0.758. The highest BCUT2D eigenvalue weighted by Crippen LogP contribution is 2.25. The molecule has 1 aliphatic rings. The average Bonchev–Trinajstić information content (AvgIpc) is 2.45. The number of nitrogens with one attached hydrogen (secondary N) is 2. The van der Waals surface area contributed by atoms with Crippen molar-refractivity contribution in [3.63, 3.8) is 0 Å². The number of carbonyl (C=O) groups excluding carboxylic acids is 1. The van der Waals surface area contributed by atoms with Gasteiger partial charge in [0.25, 0.3) is 0 Å². The van der Waals surface area contributed by atoms with E-state index < -0.39 is 0 Å². The Balaban J connectivity index is 1.97. The Morgan fingerprint density at radius 3 is 3.16 bits per heavy atom. The second-order valence-electron chi connectivity index (χ2n) is 5.37. The Kier molecular flexibility index (Phi) is 4.37. The van der Waals surface area contributed by atoms with Crippen LogP contribution in [0.15, 0.2) is 18.3 Å². The van der Waals surface area contributed by atoms with E-state index in [1.807, 2.05) is 0 Å². The van der Waals surface area contributed by atoms with Crippen LogP contribution in [0.4, 0.5) is 5.82 Å². The topological polar surface area (TPSA) is 63.2 Å². The molecule has 0 spiro atoms. The largest absolute Gasteiger partial charge is 0.465 e. The number of ether oxygens (including phenoxy) is 1. The first-order valence-electron chi connectivity index (χ1n) is 6.62. The van der Waals surface area contributed by atoms with Gasteiger partial charge in [-0.3, -0.25) is 0 Å². The average molecular weight is 263 g/mol. The molecule has 0 radical (unpaired) electrons. The van der Waals surface area contributed by atoms with Gasteiger partial charge in [-0.05, 0) is 36.9 Å². The molecule has 0 bridgehead atoms. The van der Waals surface area contributed by atoms with E-state index >= 15 is 0 Å². The van der Waals surface area contributed by atoms with Gasteiger partial charge in [0.15, 0.2) is 0 Å². The fraction of sp³-hybridized carbons (Fsp3) is 0.571. The van der Waals surface area contributed by atoms with Crippen molar-refractivity contribution in [3.05, 3.63) is 23.9 Å². The number of nitrogens with zero attached hydrogens (tertiary/aromatic N) is 1. The predicted octanol–water partition coefficient (Wildman–Crippen LogP) is 1.67. The number of carbonyl (C=O) groups is 1. The summed E-state index contributed by atoms with van der Waals surface area (Å²) in [6.07, 6.45) is 4.02. The molecule has 0 aromatic carbocycles. The van der Waals surface area contributed by atoms with E-state index in [0.29, 0.717) is 5.56 Å². The van der Waals surface area contributed by atoms with E-state index in [1.54, 1.807) is 18.3 Å². The van der Waals surface area contributed by atoms with E-state index in [1.165, 1.54) is 20.0 Å². The third-order valence-electron chi connectivity index (χ3n) is 3.56. The van der Waals surface area contributed by atoms with Gasteiger partial charge in [0.05, 0.1) is 12.7 Å². The van der Waals surface area contributed by atoms with Gasteiger partial charge in [-0.15, -0.1) is 0 Å². The summed E-state index contributed by atoms with van der Waals surface area (Å²) in [5.74, 6) is 0.380. The van der Waals surface area contributed by atoms with Crippen LogP contribution in [-0.4, -0.2) is 37.7 Å². The molecule has 1 saturated heterocycles. The van der Waals surface area contributed by atoms with Crippen LogP contribution in [0, 0.1) is 5.41 Å². The van der Waals surface area contributed by atoms with Crippen molar-refractivity contribution in [1.82, 2.24) is 10.3 Å². The van der Waals surface area contributed by atoms with Crippen LogP contribution in [-0.2, 0) is 4.74 Å². The van der Waals surface area contributed by atoms with Crippen molar-refractivity contribution < 1.29 is 9.53 Å². The molecule has 5 heteroatoms. The second-order valence-corrected chi connectivity index (χ2v) is 5.37. The maximum absolute atomic E-state index is 11.4. The zero-order valence-electron chi connectivity index (χ0n) is 11.5. The lowest BCUT2D eigenvalue weighted by Crippen LogP contribution is -2.42. The highest BCUT2D eigenvalue weighted by Gasteiger charge is 2.26. The lowest BCUT2D eigenvalue weighted by Gasteiger charge is -2.34. The van der Waals surface area contributed by atoms with Gasteiger partial charge in [-0.1, -0.05) is 6.92 Å². The number of methoxy groups -OCH3 is 1. The first kappa shape index (κ1) is 13.8. The molecule has 1 aromatic heterocycles. The van der Waals surface area contributed by atoms with Crippen LogP contribution >= 0.6 is 0 Å². The van der Waals surface area contributed by atoms with Crippen LogP contribution in [0.1, 0.15) is 30.1 Å². The molecule has 5 nitrogen and oxygen atoms in total. The number of anilines is 1. The number of rotatable bonds is 4. The van der Waals surface area contributed by atoms with E-state index in [-0.39, 0.29) is 11.4 Å². The number of esters is 1. The lowest BCUT2D eigenvalue weighted by atomic mass is 9.83. The van der Waals surface area contributed by atoms with Crippen molar-refractivity contribution >= 4 is 11.8 Å². The molecule has 104 valence electrons. The number of pyridine rings is 1. The van der Waals surface area contributed by atoms with Crippen molar-refractivity contribution in [3.8, 4) is 0 Å². The lowest BCUT2D eigenvalue weighted by molar-refractivity contribution is 0.0600. The number of hydrogen-bond acceptors (Lipinski definition) is 5. The molecule has 2 heterocycles. The second kappa shape index (κ2) is 6.02. The maximum Gasteiger partial charge on any atom is 0.338 e. The molecule has 1 unspecified atom stereocenters. The van der Waals surface area contributed by atoms with Gasteiger partial charge < -0.3 is 15.4 Å². The zero-order chi connectivity index (χ0) is 13.7. The minimum Gasteiger partial charge on any atom is -0.465 e. The van der Waals surface area contributed by atoms with Gasteiger partial charge >= 0.3 is 5.97 Å². The molecule has 19 heavy (non-hydrogen) atoms. The van der Waals surface area contributed by atoms with Crippen LogP contribution in [0.3, 0.4) is 0 Å². The van der Waals surface area contributed by atoms with Gasteiger partial charge in [-0.2, -0.15) is 0 Å². The summed E-state index contributed by atoms with van der Waals surface area (Å²) in [6.45, 7) is 5.22. The van der Waals surface area contributed by atoms with Gasteiger partial charge in [0.2, 0.25) is 0 Å². The highest BCUT2D eigenvalue weighted by atomic mass is 16.5.